The van der Waals surface area contributed by atoms with Crippen LogP contribution in [0.4, 0.5) is 18.0 Å². The maximum atomic E-state index is 12.0. The lowest BCUT2D eigenvalue weighted by molar-refractivity contribution is -0.123. The summed E-state index contributed by atoms with van der Waals surface area (Å²) in [4.78, 5) is 13.0. The molecule has 3 nitrogen and oxygen atoms in total. The Morgan fingerprint density at radius 2 is 1.94 bits per heavy atom. The SMILES string of the molecule is CC1(C)CCCN(C(=O)NCC(F)(F)F)CC1. The Balaban J connectivity index is 2.42. The van der Waals surface area contributed by atoms with Gasteiger partial charge in [0, 0.05) is 13.1 Å². The van der Waals surface area contributed by atoms with Gasteiger partial charge in [-0.2, -0.15) is 13.2 Å². The third kappa shape index (κ3) is 5.28. The number of hydrogen-bond donors (Lipinski definition) is 1. The monoisotopic (exact) mass is 252 g/mol. The molecule has 0 aromatic heterocycles. The number of urea groups is 1. The molecule has 0 aromatic carbocycles. The molecule has 0 radical (unpaired) electrons. The first-order chi connectivity index (χ1) is 7.70. The Labute approximate surface area is 99.4 Å². The van der Waals surface area contributed by atoms with Crippen molar-refractivity contribution in [2.24, 2.45) is 5.41 Å². The molecule has 0 aromatic rings. The fourth-order valence-electron chi connectivity index (χ4n) is 1.91. The van der Waals surface area contributed by atoms with E-state index in [2.05, 4.69) is 13.8 Å². The highest BCUT2D eigenvalue weighted by molar-refractivity contribution is 5.74. The number of carbonyl (C=O) groups excluding carboxylic acids is 1. The van der Waals surface area contributed by atoms with Gasteiger partial charge in [-0.3, -0.25) is 0 Å². The second-order valence-electron chi connectivity index (χ2n) is 5.28. The molecule has 0 unspecified atom stereocenters. The van der Waals surface area contributed by atoms with E-state index in [0.717, 1.165) is 19.3 Å². The first kappa shape index (κ1) is 14.1. The van der Waals surface area contributed by atoms with Gasteiger partial charge in [0.15, 0.2) is 0 Å². The Kier molecular flexibility index (Phi) is 4.27. The van der Waals surface area contributed by atoms with Crippen molar-refractivity contribution in [1.29, 1.82) is 0 Å². The number of carbonyl (C=O) groups is 1. The Hall–Kier alpha value is -0.940. The average Bonchev–Trinajstić information content (AvgIpc) is 2.35. The molecule has 1 heterocycles. The van der Waals surface area contributed by atoms with E-state index in [1.807, 2.05) is 5.32 Å². The van der Waals surface area contributed by atoms with Crippen molar-refractivity contribution in [3.63, 3.8) is 0 Å². The maximum absolute atomic E-state index is 12.0. The van der Waals surface area contributed by atoms with Crippen LogP contribution in [-0.2, 0) is 0 Å². The minimum atomic E-state index is -4.35. The number of rotatable bonds is 1. The summed E-state index contributed by atoms with van der Waals surface area (Å²) in [6, 6.07) is -0.611. The molecule has 0 atom stereocenters. The predicted molar refractivity (Wildman–Crippen MR) is 58.7 cm³/mol. The van der Waals surface area contributed by atoms with Gasteiger partial charge in [-0.25, -0.2) is 4.79 Å². The van der Waals surface area contributed by atoms with E-state index in [-0.39, 0.29) is 5.41 Å². The summed E-state index contributed by atoms with van der Waals surface area (Å²) in [6.07, 6.45) is -1.68. The molecule has 1 saturated heterocycles. The van der Waals surface area contributed by atoms with Gasteiger partial charge in [0.2, 0.25) is 0 Å². The highest BCUT2D eigenvalue weighted by atomic mass is 19.4. The lowest BCUT2D eigenvalue weighted by atomic mass is 9.85. The molecule has 0 spiro atoms. The van der Waals surface area contributed by atoms with Crippen molar-refractivity contribution >= 4 is 6.03 Å². The van der Waals surface area contributed by atoms with Gasteiger partial charge in [0.25, 0.3) is 0 Å². The molecule has 0 bridgehead atoms. The number of likely N-dealkylation sites (tertiary alicyclic amines) is 1. The number of nitrogens with zero attached hydrogens (tertiary/aromatic N) is 1. The lowest BCUT2D eigenvalue weighted by Gasteiger charge is -2.23. The van der Waals surface area contributed by atoms with Gasteiger partial charge in [-0.05, 0) is 24.7 Å². The van der Waals surface area contributed by atoms with Crippen LogP contribution in [0.25, 0.3) is 0 Å². The quantitative estimate of drug-likeness (QED) is 0.764. The summed E-state index contributed by atoms with van der Waals surface area (Å²) < 4.78 is 35.9. The second kappa shape index (κ2) is 5.14. The van der Waals surface area contributed by atoms with Crippen LogP contribution < -0.4 is 5.32 Å². The van der Waals surface area contributed by atoms with Gasteiger partial charge in [0.1, 0.15) is 6.54 Å². The summed E-state index contributed by atoms with van der Waals surface area (Å²) in [5.41, 5.74) is 0.166. The van der Waals surface area contributed by atoms with Crippen LogP contribution in [0.15, 0.2) is 0 Å². The Bertz CT molecular complexity index is 276. The number of amides is 2. The first-order valence-corrected chi connectivity index (χ1v) is 5.79. The summed E-state index contributed by atoms with van der Waals surface area (Å²) in [6.45, 7) is 4.03. The third-order valence-electron chi connectivity index (χ3n) is 3.07. The molecule has 100 valence electrons. The first-order valence-electron chi connectivity index (χ1n) is 5.79. The molecule has 1 N–H and O–H groups in total. The molecule has 1 aliphatic rings. The van der Waals surface area contributed by atoms with E-state index in [0.29, 0.717) is 13.1 Å². The fraction of sp³-hybridized carbons (Fsp3) is 0.909. The molecular formula is C11H19F3N2O. The third-order valence-corrected chi connectivity index (χ3v) is 3.07. The molecule has 2 amide bonds. The van der Waals surface area contributed by atoms with Gasteiger partial charge >= 0.3 is 12.2 Å². The van der Waals surface area contributed by atoms with E-state index >= 15 is 0 Å². The van der Waals surface area contributed by atoms with Gasteiger partial charge < -0.3 is 10.2 Å². The Morgan fingerprint density at radius 3 is 2.53 bits per heavy atom. The standard InChI is InChI=1S/C11H19F3N2O/c1-10(2)4-3-6-16(7-5-10)9(17)15-8-11(12,13)14/h3-8H2,1-2H3,(H,15,17). The van der Waals surface area contributed by atoms with Crippen LogP contribution in [0.1, 0.15) is 33.1 Å². The minimum absolute atomic E-state index is 0.166. The smallest absolute Gasteiger partial charge is 0.329 e. The highest BCUT2D eigenvalue weighted by Gasteiger charge is 2.30. The van der Waals surface area contributed by atoms with Crippen molar-refractivity contribution in [3.8, 4) is 0 Å². The van der Waals surface area contributed by atoms with Crippen molar-refractivity contribution in [2.75, 3.05) is 19.6 Å². The van der Waals surface area contributed by atoms with Crippen LogP contribution in [-0.4, -0.2) is 36.7 Å². The van der Waals surface area contributed by atoms with Gasteiger partial charge in [-0.1, -0.05) is 13.8 Å². The minimum Gasteiger partial charge on any atom is -0.329 e. The van der Waals surface area contributed by atoms with E-state index in [1.54, 1.807) is 0 Å². The van der Waals surface area contributed by atoms with Crippen molar-refractivity contribution in [3.05, 3.63) is 0 Å². The number of halogens is 3. The molecular weight excluding hydrogens is 233 g/mol. The van der Waals surface area contributed by atoms with E-state index in [4.69, 9.17) is 0 Å². The molecule has 0 saturated carbocycles. The fourth-order valence-corrected chi connectivity index (χ4v) is 1.91. The predicted octanol–water partition coefficient (Wildman–Crippen LogP) is 2.77. The maximum Gasteiger partial charge on any atom is 0.405 e. The van der Waals surface area contributed by atoms with Crippen LogP contribution in [0, 0.1) is 5.41 Å². The number of hydrogen-bond acceptors (Lipinski definition) is 1. The molecule has 0 aliphatic carbocycles. The summed E-state index contributed by atoms with van der Waals surface area (Å²) in [5, 5.41) is 1.91. The zero-order valence-corrected chi connectivity index (χ0v) is 10.2. The van der Waals surface area contributed by atoms with Crippen LogP contribution in [0.3, 0.4) is 0 Å². The topological polar surface area (TPSA) is 32.3 Å². The molecule has 1 fully saturated rings. The average molecular weight is 252 g/mol. The Morgan fingerprint density at radius 1 is 1.29 bits per heavy atom. The molecule has 6 heteroatoms. The van der Waals surface area contributed by atoms with Gasteiger partial charge in [0.05, 0.1) is 0 Å². The lowest BCUT2D eigenvalue weighted by Crippen LogP contribution is -2.44. The van der Waals surface area contributed by atoms with Crippen LogP contribution >= 0.6 is 0 Å². The van der Waals surface area contributed by atoms with E-state index in [1.165, 1.54) is 4.90 Å². The van der Waals surface area contributed by atoms with Crippen molar-refractivity contribution in [1.82, 2.24) is 10.2 Å². The number of alkyl halides is 3. The second-order valence-corrected chi connectivity index (χ2v) is 5.28. The van der Waals surface area contributed by atoms with Gasteiger partial charge in [-0.15, -0.1) is 0 Å². The van der Waals surface area contributed by atoms with Crippen molar-refractivity contribution < 1.29 is 18.0 Å². The van der Waals surface area contributed by atoms with Crippen LogP contribution in [0.2, 0.25) is 0 Å². The van der Waals surface area contributed by atoms with Crippen LogP contribution in [0.5, 0.6) is 0 Å². The largest absolute Gasteiger partial charge is 0.405 e. The zero-order chi connectivity index (χ0) is 13.1. The van der Waals surface area contributed by atoms with Crippen molar-refractivity contribution in [2.45, 2.75) is 39.3 Å². The molecule has 1 rings (SSSR count). The summed E-state index contributed by atoms with van der Waals surface area (Å²) in [7, 11) is 0. The normalized spacial score (nSPS) is 20.9. The summed E-state index contributed by atoms with van der Waals surface area (Å²) >= 11 is 0. The van der Waals surface area contributed by atoms with E-state index < -0.39 is 18.8 Å². The number of nitrogens with one attached hydrogen (secondary N) is 1. The molecule has 1 aliphatic heterocycles. The zero-order valence-electron chi connectivity index (χ0n) is 10.2. The highest BCUT2D eigenvalue weighted by Crippen LogP contribution is 2.29. The summed E-state index contributed by atoms with van der Waals surface area (Å²) in [5.74, 6) is 0. The van der Waals surface area contributed by atoms with E-state index in [9.17, 15) is 18.0 Å². The molecule has 17 heavy (non-hydrogen) atoms.